The first-order chi connectivity index (χ1) is 6.24. The zero-order valence-corrected chi connectivity index (χ0v) is 7.62. The van der Waals surface area contributed by atoms with Crippen LogP contribution in [0, 0.1) is 5.92 Å². The summed E-state index contributed by atoms with van der Waals surface area (Å²) in [6, 6.07) is 0. The molecule has 2 N–H and O–H groups in total. The van der Waals surface area contributed by atoms with Crippen molar-refractivity contribution < 1.29 is 14.3 Å². The van der Waals surface area contributed by atoms with Crippen LogP contribution in [0.1, 0.15) is 32.1 Å². The Morgan fingerprint density at radius 1 is 1.31 bits per heavy atom. The number of hydrogen-bond donors (Lipinski definition) is 1. The van der Waals surface area contributed by atoms with Crippen LogP contribution in [0.25, 0.3) is 0 Å². The zero-order valence-electron chi connectivity index (χ0n) is 7.62. The number of nitrogens with two attached hydrogens (primary N) is 1. The average molecular weight is 185 g/mol. The highest BCUT2D eigenvalue weighted by Gasteiger charge is 2.32. The maximum absolute atomic E-state index is 11.0. The van der Waals surface area contributed by atoms with Crippen molar-refractivity contribution in [2.75, 3.05) is 6.54 Å². The second-order valence-corrected chi connectivity index (χ2v) is 3.33. The molecular formula is C9H15NO3. The second kappa shape index (κ2) is 4.97. The van der Waals surface area contributed by atoms with Crippen LogP contribution in [0.15, 0.2) is 0 Å². The Labute approximate surface area is 77.4 Å². The van der Waals surface area contributed by atoms with Gasteiger partial charge in [-0.2, -0.15) is 0 Å². The Balaban J connectivity index is 2.14. The Kier molecular flexibility index (Phi) is 3.89. The van der Waals surface area contributed by atoms with Crippen LogP contribution in [0.5, 0.6) is 0 Å². The summed E-state index contributed by atoms with van der Waals surface area (Å²) in [6.45, 7) is 0.689. The molecule has 0 saturated carbocycles. The first kappa shape index (κ1) is 10.2. The fourth-order valence-electron chi connectivity index (χ4n) is 1.45. The largest absolute Gasteiger partial charge is 0.393 e. The molecule has 1 saturated heterocycles. The van der Waals surface area contributed by atoms with Crippen LogP contribution >= 0.6 is 0 Å². The molecule has 1 aliphatic rings. The topological polar surface area (TPSA) is 69.4 Å². The molecule has 1 aliphatic heterocycles. The fraction of sp³-hybridized carbons (Fsp3) is 0.778. The molecule has 0 aromatic rings. The van der Waals surface area contributed by atoms with E-state index in [1.165, 1.54) is 0 Å². The predicted molar refractivity (Wildman–Crippen MR) is 46.7 cm³/mol. The number of esters is 2. The molecule has 0 aromatic carbocycles. The minimum Gasteiger partial charge on any atom is -0.393 e. The van der Waals surface area contributed by atoms with Gasteiger partial charge in [0.1, 0.15) is 0 Å². The van der Waals surface area contributed by atoms with E-state index in [0.717, 1.165) is 25.7 Å². The Morgan fingerprint density at radius 3 is 2.62 bits per heavy atom. The van der Waals surface area contributed by atoms with Gasteiger partial charge < -0.3 is 10.5 Å². The Bertz CT molecular complexity index is 203. The number of cyclic esters (lactones) is 2. The molecular weight excluding hydrogens is 170 g/mol. The van der Waals surface area contributed by atoms with Crippen LogP contribution in [0.4, 0.5) is 0 Å². The van der Waals surface area contributed by atoms with Crippen molar-refractivity contribution in [2.45, 2.75) is 32.1 Å². The van der Waals surface area contributed by atoms with Crippen LogP contribution in [0.2, 0.25) is 0 Å². The molecule has 4 heteroatoms. The third-order valence-corrected chi connectivity index (χ3v) is 2.22. The number of hydrogen-bond acceptors (Lipinski definition) is 4. The molecule has 0 radical (unpaired) electrons. The van der Waals surface area contributed by atoms with E-state index < -0.39 is 0 Å². The van der Waals surface area contributed by atoms with E-state index in [4.69, 9.17) is 5.73 Å². The van der Waals surface area contributed by atoms with E-state index in [-0.39, 0.29) is 24.3 Å². The molecule has 13 heavy (non-hydrogen) atoms. The monoisotopic (exact) mass is 185 g/mol. The number of ether oxygens (including phenoxy) is 1. The lowest BCUT2D eigenvalue weighted by Gasteiger charge is -2.02. The van der Waals surface area contributed by atoms with Gasteiger partial charge in [0.2, 0.25) is 0 Å². The van der Waals surface area contributed by atoms with Crippen LogP contribution in [-0.2, 0) is 14.3 Å². The Morgan fingerprint density at radius 2 is 2.08 bits per heavy atom. The van der Waals surface area contributed by atoms with Gasteiger partial charge in [-0.15, -0.1) is 0 Å². The van der Waals surface area contributed by atoms with E-state index >= 15 is 0 Å². The van der Waals surface area contributed by atoms with Gasteiger partial charge in [0.15, 0.2) is 0 Å². The summed E-state index contributed by atoms with van der Waals surface area (Å²) >= 11 is 0. The smallest absolute Gasteiger partial charge is 0.317 e. The molecule has 1 heterocycles. The molecule has 1 unspecified atom stereocenters. The van der Waals surface area contributed by atoms with Crippen LogP contribution < -0.4 is 5.73 Å². The van der Waals surface area contributed by atoms with E-state index in [1.807, 2.05) is 0 Å². The van der Waals surface area contributed by atoms with Gasteiger partial charge in [0.25, 0.3) is 0 Å². The highest BCUT2D eigenvalue weighted by Crippen LogP contribution is 2.21. The first-order valence-electron chi connectivity index (χ1n) is 4.68. The minimum absolute atomic E-state index is 0.190. The van der Waals surface area contributed by atoms with Gasteiger partial charge in [-0.25, -0.2) is 0 Å². The number of rotatable bonds is 5. The van der Waals surface area contributed by atoms with Gasteiger partial charge in [-0.3, -0.25) is 9.59 Å². The van der Waals surface area contributed by atoms with Gasteiger partial charge in [-0.05, 0) is 19.4 Å². The molecule has 0 bridgehead atoms. The third-order valence-electron chi connectivity index (χ3n) is 2.22. The van der Waals surface area contributed by atoms with Crippen molar-refractivity contribution in [3.05, 3.63) is 0 Å². The minimum atomic E-state index is -0.381. The summed E-state index contributed by atoms with van der Waals surface area (Å²) in [5, 5.41) is 0. The normalized spacial score (nSPS) is 22.1. The molecule has 1 fully saturated rings. The Hall–Kier alpha value is -0.900. The van der Waals surface area contributed by atoms with Crippen LogP contribution in [0.3, 0.4) is 0 Å². The summed E-state index contributed by atoms with van der Waals surface area (Å²) in [4.78, 5) is 21.7. The highest BCUT2D eigenvalue weighted by molar-refractivity contribution is 5.94. The lowest BCUT2D eigenvalue weighted by atomic mass is 10.00. The first-order valence-corrected chi connectivity index (χ1v) is 4.68. The van der Waals surface area contributed by atoms with Crippen molar-refractivity contribution in [2.24, 2.45) is 11.7 Å². The summed E-state index contributed by atoms with van der Waals surface area (Å²) in [5.74, 6) is -0.920. The van der Waals surface area contributed by atoms with Gasteiger partial charge >= 0.3 is 11.9 Å². The SMILES string of the molecule is NCCCCCC1CC(=O)OC1=O. The number of carbonyl (C=O) groups is 2. The lowest BCUT2D eigenvalue weighted by molar-refractivity contribution is -0.153. The third kappa shape index (κ3) is 3.14. The standard InChI is InChI=1S/C9H15NO3/c10-5-3-1-2-4-7-6-8(11)13-9(7)12/h7H,1-6,10H2. The van der Waals surface area contributed by atoms with Crippen molar-refractivity contribution in [1.82, 2.24) is 0 Å². The second-order valence-electron chi connectivity index (χ2n) is 3.33. The van der Waals surface area contributed by atoms with E-state index in [2.05, 4.69) is 4.74 Å². The van der Waals surface area contributed by atoms with Crippen molar-refractivity contribution in [1.29, 1.82) is 0 Å². The van der Waals surface area contributed by atoms with Crippen molar-refractivity contribution >= 4 is 11.9 Å². The molecule has 0 aromatic heterocycles. The highest BCUT2D eigenvalue weighted by atomic mass is 16.6. The molecule has 4 nitrogen and oxygen atoms in total. The van der Waals surface area contributed by atoms with E-state index in [1.54, 1.807) is 0 Å². The molecule has 1 atom stereocenters. The molecule has 0 spiro atoms. The lowest BCUT2D eigenvalue weighted by Crippen LogP contribution is -2.07. The van der Waals surface area contributed by atoms with Gasteiger partial charge in [0, 0.05) is 0 Å². The summed E-state index contributed by atoms with van der Waals surface area (Å²) in [7, 11) is 0. The molecule has 0 aliphatic carbocycles. The van der Waals surface area contributed by atoms with Crippen molar-refractivity contribution in [3.8, 4) is 0 Å². The summed E-state index contributed by atoms with van der Waals surface area (Å²) in [6.07, 6.45) is 3.97. The van der Waals surface area contributed by atoms with Gasteiger partial charge in [0.05, 0.1) is 12.3 Å². The van der Waals surface area contributed by atoms with E-state index in [0.29, 0.717) is 6.54 Å². The number of unbranched alkanes of at least 4 members (excludes halogenated alkanes) is 2. The summed E-state index contributed by atoms with van der Waals surface area (Å²) < 4.78 is 4.43. The quantitative estimate of drug-likeness (QED) is 0.387. The number of carbonyl (C=O) groups excluding carboxylic acids is 2. The van der Waals surface area contributed by atoms with Crippen LogP contribution in [-0.4, -0.2) is 18.5 Å². The predicted octanol–water partition coefficient (Wildman–Crippen LogP) is 0.595. The van der Waals surface area contributed by atoms with Crippen molar-refractivity contribution in [3.63, 3.8) is 0 Å². The molecule has 74 valence electrons. The average Bonchev–Trinajstić information content (AvgIpc) is 2.39. The fourth-order valence-corrected chi connectivity index (χ4v) is 1.45. The van der Waals surface area contributed by atoms with E-state index in [9.17, 15) is 9.59 Å². The van der Waals surface area contributed by atoms with Gasteiger partial charge in [-0.1, -0.05) is 12.8 Å². The maximum atomic E-state index is 11.0. The zero-order chi connectivity index (χ0) is 9.68. The molecule has 0 amide bonds. The maximum Gasteiger partial charge on any atom is 0.317 e. The molecule has 1 rings (SSSR count). The summed E-state index contributed by atoms with van der Waals surface area (Å²) in [5.41, 5.74) is 5.33.